The molecule has 0 spiro atoms. The number of unbranched alkanes of at least 4 members (excludes halogenated alkanes) is 10. The molecule has 0 fully saturated rings. The molecule has 0 bridgehead atoms. The summed E-state index contributed by atoms with van der Waals surface area (Å²) in [6, 6.07) is 0. The number of hydrogen-bond donors (Lipinski definition) is 3. The van der Waals surface area contributed by atoms with Gasteiger partial charge in [-0.2, -0.15) is 0 Å². The minimum Gasteiger partial charge on any atom is -0.481 e. The lowest BCUT2D eigenvalue weighted by Crippen LogP contribution is -2.47. The number of carboxylic acids is 3. The van der Waals surface area contributed by atoms with E-state index in [4.69, 9.17) is 14.9 Å². The van der Waals surface area contributed by atoms with Gasteiger partial charge in [0, 0.05) is 6.42 Å². The number of aliphatic carboxylic acids is 3. The molecule has 12 heteroatoms. The van der Waals surface area contributed by atoms with Gasteiger partial charge < -0.3 is 36.5 Å². The maximum atomic E-state index is 11.9. The summed E-state index contributed by atoms with van der Waals surface area (Å²) < 4.78 is 4.81. The van der Waals surface area contributed by atoms with Crippen LogP contribution in [0, 0.1) is 0 Å². The Morgan fingerprint density at radius 1 is 0.656 bits per heavy atom. The fourth-order valence-corrected chi connectivity index (χ4v) is 3.02. The van der Waals surface area contributed by atoms with Crippen LogP contribution >= 0.6 is 0 Å². The van der Waals surface area contributed by atoms with Gasteiger partial charge in [0.15, 0.2) is 0 Å². The quantitative estimate of drug-likeness (QED) is 0.142. The Balaban J connectivity index is -0.000000607. The molecule has 0 amide bonds. The second-order valence-corrected chi connectivity index (χ2v) is 7.20. The molecule has 0 radical (unpaired) electrons. The normalized spacial score (nSPS) is 9.78. The fourth-order valence-electron chi connectivity index (χ4n) is 3.02. The Morgan fingerprint density at radius 3 is 1.31 bits per heavy atom. The Labute approximate surface area is 205 Å². The summed E-state index contributed by atoms with van der Waals surface area (Å²) in [7, 11) is 0. The van der Waals surface area contributed by atoms with Gasteiger partial charge in [-0.1, -0.05) is 71.1 Å². The van der Waals surface area contributed by atoms with Gasteiger partial charge in [0.2, 0.25) is 5.60 Å². The van der Waals surface area contributed by atoms with Gasteiger partial charge in [-0.3, -0.25) is 14.4 Å². The second kappa shape index (κ2) is 24.2. The summed E-state index contributed by atoms with van der Waals surface area (Å²) in [4.78, 5) is 45.1. The van der Waals surface area contributed by atoms with Crippen LogP contribution in [0.25, 0.3) is 0 Å². The van der Waals surface area contributed by atoms with E-state index in [2.05, 4.69) is 6.92 Å². The molecule has 0 aliphatic rings. The minimum atomic E-state index is -2.58. The van der Waals surface area contributed by atoms with E-state index in [1.807, 2.05) is 0 Å². The predicted octanol–water partition coefficient (Wildman–Crippen LogP) is 0.613. The van der Waals surface area contributed by atoms with Crippen LogP contribution in [0.15, 0.2) is 0 Å². The highest BCUT2D eigenvalue weighted by Crippen LogP contribution is 2.23. The average molecular weight is 483 g/mol. The molecule has 0 aromatic heterocycles. The van der Waals surface area contributed by atoms with Gasteiger partial charge in [-0.15, -0.1) is 0 Å². The summed E-state index contributed by atoms with van der Waals surface area (Å²) in [6.07, 6.45) is 9.73. The fraction of sp³-hybridized carbons (Fsp3) is 0.800. The van der Waals surface area contributed by atoms with Crippen molar-refractivity contribution in [1.29, 1.82) is 0 Å². The molecule has 190 valence electrons. The van der Waals surface area contributed by atoms with Gasteiger partial charge in [0.1, 0.15) is 0 Å². The summed E-state index contributed by atoms with van der Waals surface area (Å²) in [5.74, 6) is -5.76. The minimum absolute atomic E-state index is 0. The monoisotopic (exact) mass is 482 g/mol. The molecule has 0 aliphatic carbocycles. The lowest BCUT2D eigenvalue weighted by atomic mass is 9.95. The van der Waals surface area contributed by atoms with Gasteiger partial charge >= 0.3 is 46.9 Å². The summed E-state index contributed by atoms with van der Waals surface area (Å²) in [6.45, 7) is 2.19. The largest absolute Gasteiger partial charge is 0.481 e. The lowest BCUT2D eigenvalue weighted by molar-refractivity contribution is -0.186. The Morgan fingerprint density at radius 2 is 1.00 bits per heavy atom. The van der Waals surface area contributed by atoms with Crippen molar-refractivity contribution >= 4 is 46.9 Å². The summed E-state index contributed by atoms with van der Waals surface area (Å²) in [5, 5.41) is 26.9. The van der Waals surface area contributed by atoms with Gasteiger partial charge in [0.05, 0.1) is 12.8 Å². The molecule has 9 N–H and O–H groups in total. The lowest BCUT2D eigenvalue weighted by Gasteiger charge is -2.26. The van der Waals surface area contributed by atoms with Crippen molar-refractivity contribution in [1.82, 2.24) is 0 Å². The Bertz CT molecular complexity index is 496. The van der Waals surface area contributed by atoms with Crippen molar-refractivity contribution in [2.24, 2.45) is 0 Å². The molecule has 0 unspecified atom stereocenters. The van der Waals surface area contributed by atoms with Crippen molar-refractivity contribution in [2.45, 2.75) is 102 Å². The van der Waals surface area contributed by atoms with Crippen LogP contribution in [-0.2, 0) is 23.9 Å². The number of carboxylic acid groups (broad SMARTS) is 3. The molecule has 0 saturated carbocycles. The number of carbonyl (C=O) groups excluding carboxylic acids is 1. The van der Waals surface area contributed by atoms with Crippen molar-refractivity contribution < 1.29 is 55.7 Å². The van der Waals surface area contributed by atoms with Crippen LogP contribution in [0.4, 0.5) is 0 Å². The third kappa shape index (κ3) is 20.4. The number of rotatable bonds is 18. The molecular formula is C20H42MgO11. The molecule has 11 nitrogen and oxygen atoms in total. The first-order valence-corrected chi connectivity index (χ1v) is 10.1. The first-order chi connectivity index (χ1) is 13.2. The smallest absolute Gasteiger partial charge is 0.349 e. The van der Waals surface area contributed by atoms with Crippen molar-refractivity contribution in [3.63, 3.8) is 0 Å². The molecule has 0 aromatic carbocycles. The number of ether oxygens (including phenoxy) is 1. The van der Waals surface area contributed by atoms with E-state index in [1.165, 1.54) is 38.5 Å². The second-order valence-electron chi connectivity index (χ2n) is 7.20. The average Bonchev–Trinajstić information content (AvgIpc) is 2.58. The maximum Gasteiger partial charge on any atom is 0.349 e. The molecule has 0 saturated heterocycles. The maximum absolute atomic E-state index is 11.9. The number of esters is 1. The van der Waals surface area contributed by atoms with Gasteiger partial charge in [-0.25, -0.2) is 4.79 Å². The topological polar surface area (TPSA) is 233 Å². The molecular weight excluding hydrogens is 441 g/mol. The van der Waals surface area contributed by atoms with E-state index in [1.54, 1.807) is 0 Å². The molecule has 0 aromatic rings. The van der Waals surface area contributed by atoms with Gasteiger partial charge in [-0.05, 0) is 6.42 Å². The van der Waals surface area contributed by atoms with Crippen LogP contribution in [0.5, 0.6) is 0 Å². The van der Waals surface area contributed by atoms with E-state index in [0.29, 0.717) is 6.42 Å². The first-order valence-electron chi connectivity index (χ1n) is 10.1. The third-order valence-corrected chi connectivity index (χ3v) is 4.56. The molecule has 0 rings (SSSR count). The first kappa shape index (κ1) is 40.8. The summed E-state index contributed by atoms with van der Waals surface area (Å²) in [5.41, 5.74) is -2.58. The van der Waals surface area contributed by atoms with Crippen molar-refractivity contribution in [3.8, 4) is 0 Å². The van der Waals surface area contributed by atoms with Crippen LogP contribution in [0.3, 0.4) is 0 Å². The highest BCUT2D eigenvalue weighted by molar-refractivity contribution is 5.90. The van der Waals surface area contributed by atoms with Crippen LogP contribution in [-0.4, -0.2) is 84.3 Å². The van der Waals surface area contributed by atoms with E-state index >= 15 is 0 Å². The predicted molar refractivity (Wildman–Crippen MR) is 121 cm³/mol. The van der Waals surface area contributed by atoms with Crippen molar-refractivity contribution in [3.05, 3.63) is 0 Å². The van der Waals surface area contributed by atoms with E-state index < -0.39 is 42.3 Å². The number of carbonyl (C=O) groups is 4. The molecule has 0 atom stereocenters. The molecule has 0 aliphatic heterocycles. The van der Waals surface area contributed by atoms with Crippen LogP contribution in [0.2, 0.25) is 0 Å². The Kier molecular flexibility index (Phi) is 30.9. The van der Waals surface area contributed by atoms with Gasteiger partial charge in [0.25, 0.3) is 0 Å². The standard InChI is InChI=1S/C20H34O8.Mg.3H2O.2H/c1-2-3-4-5-6-7-8-9-10-11-12-13-18(25)28-20(19(26)27,14-16(21)22)15-17(23)24;;;;;;/h2-15H2,1H3,(H,21,22)(H,23,24)(H,26,27);;3*1H2;;. The Hall–Kier alpha value is -1.47. The zero-order valence-electron chi connectivity index (χ0n) is 18.3. The zero-order chi connectivity index (χ0) is 21.4. The van der Waals surface area contributed by atoms with E-state index in [-0.39, 0.29) is 45.9 Å². The molecule has 0 heterocycles. The van der Waals surface area contributed by atoms with E-state index in [0.717, 1.165) is 25.7 Å². The molecule has 32 heavy (non-hydrogen) atoms. The highest BCUT2D eigenvalue weighted by atomic mass is 24.3. The van der Waals surface area contributed by atoms with Crippen LogP contribution < -0.4 is 0 Å². The van der Waals surface area contributed by atoms with E-state index in [9.17, 15) is 24.3 Å². The van der Waals surface area contributed by atoms with Crippen molar-refractivity contribution in [2.75, 3.05) is 0 Å². The van der Waals surface area contributed by atoms with Crippen LogP contribution in [0.1, 0.15) is 96.8 Å². The third-order valence-electron chi connectivity index (χ3n) is 4.56. The zero-order valence-corrected chi connectivity index (χ0v) is 18.3. The highest BCUT2D eigenvalue weighted by Gasteiger charge is 2.47. The number of hydrogen-bond acceptors (Lipinski definition) is 5. The SMILES string of the molecule is CCCCCCCCCCCCCC(=O)OC(CC(=O)O)(CC(=O)O)C(=O)O.O.O.O.[MgH2]. The summed E-state index contributed by atoms with van der Waals surface area (Å²) >= 11 is 0.